The van der Waals surface area contributed by atoms with E-state index in [2.05, 4.69) is 28.2 Å². The zero-order valence-corrected chi connectivity index (χ0v) is 12.0. The van der Waals surface area contributed by atoms with Gasteiger partial charge < -0.3 is 10.2 Å². The van der Waals surface area contributed by atoms with E-state index in [4.69, 9.17) is 0 Å². The fourth-order valence-electron chi connectivity index (χ4n) is 1.45. The number of carbonyl (C=O) groups excluding carboxylic acids is 1. The topological polar surface area (TPSA) is 32.3 Å². The lowest BCUT2D eigenvalue weighted by Crippen LogP contribution is -2.32. The maximum atomic E-state index is 11.8. The Bertz CT molecular complexity index is 351. The molecule has 17 heavy (non-hydrogen) atoms. The molecule has 0 aliphatic rings. The third kappa shape index (κ3) is 5.22. The normalized spacial score (nSPS) is 10.1. The molecule has 0 fully saturated rings. The SMILES string of the molecule is CCCCCN(C)C(=O)Nc1ccc(Br)cc1. The van der Waals surface area contributed by atoms with Crippen LogP contribution in [0, 0.1) is 0 Å². The van der Waals surface area contributed by atoms with E-state index >= 15 is 0 Å². The van der Waals surface area contributed by atoms with Crippen molar-refractivity contribution >= 4 is 27.6 Å². The van der Waals surface area contributed by atoms with Gasteiger partial charge in [-0.2, -0.15) is 0 Å². The molecular formula is C13H19BrN2O. The zero-order chi connectivity index (χ0) is 12.7. The first kappa shape index (κ1) is 14.0. The first-order chi connectivity index (χ1) is 8.13. The van der Waals surface area contributed by atoms with E-state index in [9.17, 15) is 4.79 Å². The number of anilines is 1. The van der Waals surface area contributed by atoms with Crippen LogP contribution in [0.4, 0.5) is 10.5 Å². The van der Waals surface area contributed by atoms with Gasteiger partial charge in [0.1, 0.15) is 0 Å². The van der Waals surface area contributed by atoms with Gasteiger partial charge in [-0.05, 0) is 30.7 Å². The number of halogens is 1. The van der Waals surface area contributed by atoms with E-state index in [1.807, 2.05) is 31.3 Å². The van der Waals surface area contributed by atoms with Gasteiger partial charge in [0.15, 0.2) is 0 Å². The van der Waals surface area contributed by atoms with Crippen LogP contribution >= 0.6 is 15.9 Å². The molecule has 0 atom stereocenters. The van der Waals surface area contributed by atoms with Crippen LogP contribution in [-0.2, 0) is 0 Å². The lowest BCUT2D eigenvalue weighted by Gasteiger charge is -2.17. The molecule has 1 aromatic rings. The fourth-order valence-corrected chi connectivity index (χ4v) is 1.72. The Labute approximate surface area is 111 Å². The van der Waals surface area contributed by atoms with Gasteiger partial charge in [-0.15, -0.1) is 0 Å². The number of rotatable bonds is 5. The maximum absolute atomic E-state index is 11.8. The molecule has 0 saturated heterocycles. The fraction of sp³-hybridized carbons (Fsp3) is 0.462. The summed E-state index contributed by atoms with van der Waals surface area (Å²) >= 11 is 3.36. The lowest BCUT2D eigenvalue weighted by atomic mass is 10.2. The number of hydrogen-bond acceptors (Lipinski definition) is 1. The van der Waals surface area contributed by atoms with Crippen LogP contribution in [-0.4, -0.2) is 24.5 Å². The van der Waals surface area contributed by atoms with Gasteiger partial charge >= 0.3 is 6.03 Å². The van der Waals surface area contributed by atoms with Crippen molar-refractivity contribution < 1.29 is 4.79 Å². The third-order valence-corrected chi connectivity index (χ3v) is 3.07. The molecule has 0 heterocycles. The molecule has 0 unspecified atom stereocenters. The summed E-state index contributed by atoms with van der Waals surface area (Å²) in [6.07, 6.45) is 3.39. The summed E-state index contributed by atoms with van der Waals surface area (Å²) in [6, 6.07) is 7.52. The van der Waals surface area contributed by atoms with Gasteiger partial charge in [0.05, 0.1) is 0 Å². The van der Waals surface area contributed by atoms with Crippen molar-refractivity contribution in [1.29, 1.82) is 0 Å². The highest BCUT2D eigenvalue weighted by atomic mass is 79.9. The minimum atomic E-state index is -0.0524. The Morgan fingerprint density at radius 1 is 1.29 bits per heavy atom. The molecule has 0 saturated carbocycles. The lowest BCUT2D eigenvalue weighted by molar-refractivity contribution is 0.221. The highest BCUT2D eigenvalue weighted by Gasteiger charge is 2.07. The molecule has 1 aromatic carbocycles. The summed E-state index contributed by atoms with van der Waals surface area (Å²) in [5.74, 6) is 0. The van der Waals surface area contributed by atoms with Crippen molar-refractivity contribution in [3.8, 4) is 0 Å². The molecule has 0 aliphatic heterocycles. The Balaban J connectivity index is 2.40. The second kappa shape index (κ2) is 7.33. The number of urea groups is 1. The average molecular weight is 299 g/mol. The van der Waals surface area contributed by atoms with Gasteiger partial charge in [0.2, 0.25) is 0 Å². The summed E-state index contributed by atoms with van der Waals surface area (Å²) in [6.45, 7) is 2.96. The molecule has 1 N–H and O–H groups in total. The summed E-state index contributed by atoms with van der Waals surface area (Å²) in [5.41, 5.74) is 0.820. The van der Waals surface area contributed by atoms with Gasteiger partial charge in [-0.25, -0.2) is 4.79 Å². The maximum Gasteiger partial charge on any atom is 0.321 e. The van der Waals surface area contributed by atoms with Crippen molar-refractivity contribution in [2.45, 2.75) is 26.2 Å². The van der Waals surface area contributed by atoms with Gasteiger partial charge in [0, 0.05) is 23.8 Å². The number of hydrogen-bond donors (Lipinski definition) is 1. The Kier molecular flexibility index (Phi) is 6.05. The Morgan fingerprint density at radius 2 is 1.94 bits per heavy atom. The van der Waals surface area contributed by atoms with Crippen molar-refractivity contribution in [3.05, 3.63) is 28.7 Å². The van der Waals surface area contributed by atoms with E-state index < -0.39 is 0 Å². The number of carbonyl (C=O) groups is 1. The Morgan fingerprint density at radius 3 is 2.53 bits per heavy atom. The second-order valence-electron chi connectivity index (χ2n) is 4.07. The van der Waals surface area contributed by atoms with Crippen molar-refractivity contribution in [2.75, 3.05) is 18.9 Å². The average Bonchev–Trinajstić information content (AvgIpc) is 2.32. The van der Waals surface area contributed by atoms with Crippen molar-refractivity contribution in [2.24, 2.45) is 0 Å². The third-order valence-electron chi connectivity index (χ3n) is 2.54. The van der Waals surface area contributed by atoms with Crippen LogP contribution in [0.1, 0.15) is 26.2 Å². The minimum Gasteiger partial charge on any atom is -0.328 e. The van der Waals surface area contributed by atoms with Gasteiger partial charge in [-0.1, -0.05) is 35.7 Å². The van der Waals surface area contributed by atoms with Crippen LogP contribution in [0.3, 0.4) is 0 Å². The van der Waals surface area contributed by atoms with E-state index in [0.29, 0.717) is 0 Å². The smallest absolute Gasteiger partial charge is 0.321 e. The van der Waals surface area contributed by atoms with Crippen molar-refractivity contribution in [3.63, 3.8) is 0 Å². The van der Waals surface area contributed by atoms with Crippen LogP contribution in [0.2, 0.25) is 0 Å². The van der Waals surface area contributed by atoms with E-state index in [1.54, 1.807) is 4.90 Å². The molecule has 0 radical (unpaired) electrons. The molecule has 0 spiro atoms. The molecule has 0 aromatic heterocycles. The molecule has 0 aliphatic carbocycles. The zero-order valence-electron chi connectivity index (χ0n) is 10.4. The van der Waals surface area contributed by atoms with E-state index in [0.717, 1.165) is 29.5 Å². The monoisotopic (exact) mass is 298 g/mol. The molecule has 4 heteroatoms. The predicted molar refractivity (Wildman–Crippen MR) is 75.3 cm³/mol. The number of unbranched alkanes of at least 4 members (excludes halogenated alkanes) is 2. The van der Waals surface area contributed by atoms with Crippen LogP contribution < -0.4 is 5.32 Å². The molecular weight excluding hydrogens is 280 g/mol. The van der Waals surface area contributed by atoms with Gasteiger partial charge in [0.25, 0.3) is 0 Å². The quantitative estimate of drug-likeness (QED) is 0.816. The largest absolute Gasteiger partial charge is 0.328 e. The van der Waals surface area contributed by atoms with Crippen LogP contribution in [0.25, 0.3) is 0 Å². The first-order valence-electron chi connectivity index (χ1n) is 5.91. The summed E-state index contributed by atoms with van der Waals surface area (Å²) < 4.78 is 1.01. The first-order valence-corrected chi connectivity index (χ1v) is 6.70. The highest BCUT2D eigenvalue weighted by molar-refractivity contribution is 9.10. The minimum absolute atomic E-state index is 0.0524. The van der Waals surface area contributed by atoms with Crippen molar-refractivity contribution in [1.82, 2.24) is 4.90 Å². The van der Waals surface area contributed by atoms with E-state index in [1.165, 1.54) is 6.42 Å². The number of nitrogens with zero attached hydrogens (tertiary/aromatic N) is 1. The standard InChI is InChI=1S/C13H19BrN2O/c1-3-4-5-10-16(2)13(17)15-12-8-6-11(14)7-9-12/h6-9H,3-5,10H2,1-2H3,(H,15,17). The highest BCUT2D eigenvalue weighted by Crippen LogP contribution is 2.14. The molecule has 3 nitrogen and oxygen atoms in total. The molecule has 0 bridgehead atoms. The predicted octanol–water partition coefficient (Wildman–Crippen LogP) is 4.10. The van der Waals surface area contributed by atoms with E-state index in [-0.39, 0.29) is 6.03 Å². The second-order valence-corrected chi connectivity index (χ2v) is 4.98. The summed E-state index contributed by atoms with van der Waals surface area (Å²) in [4.78, 5) is 13.5. The molecule has 1 rings (SSSR count). The summed E-state index contributed by atoms with van der Waals surface area (Å²) in [5, 5.41) is 2.86. The number of benzene rings is 1. The molecule has 2 amide bonds. The number of amides is 2. The van der Waals surface area contributed by atoms with Crippen LogP contribution in [0.15, 0.2) is 28.7 Å². The Hall–Kier alpha value is -1.03. The van der Waals surface area contributed by atoms with Gasteiger partial charge in [-0.3, -0.25) is 0 Å². The number of nitrogens with one attached hydrogen (secondary N) is 1. The van der Waals surface area contributed by atoms with Crippen LogP contribution in [0.5, 0.6) is 0 Å². The molecule has 94 valence electrons. The summed E-state index contributed by atoms with van der Waals surface area (Å²) in [7, 11) is 1.82.